The van der Waals surface area contributed by atoms with Crippen LogP contribution in [0.15, 0.2) is 35.5 Å². The number of nitrogens with one attached hydrogen (secondary N) is 2. The number of hydrogen-bond donors (Lipinski definition) is 4. The molecular formula is C12H15N3O2. The fraction of sp³-hybridized carbons (Fsp3) is 0.167. The summed E-state index contributed by atoms with van der Waals surface area (Å²) >= 11 is 0. The second-order valence-corrected chi connectivity index (χ2v) is 3.59. The van der Waals surface area contributed by atoms with Gasteiger partial charge in [-0.1, -0.05) is 12.1 Å². The zero-order chi connectivity index (χ0) is 12.8. The number of phenolic OH excluding ortho intramolecular Hbond substituents is 1. The highest BCUT2D eigenvalue weighted by atomic mass is 16.3. The van der Waals surface area contributed by atoms with Crippen molar-refractivity contribution in [2.45, 2.75) is 13.5 Å². The summed E-state index contributed by atoms with van der Waals surface area (Å²) in [6.45, 7) is 1.92. The zero-order valence-electron chi connectivity index (χ0n) is 9.53. The molecule has 0 fully saturated rings. The molecule has 0 atom stereocenters. The fourth-order valence-electron chi connectivity index (χ4n) is 1.15. The number of nitrogens with two attached hydrogens (primary N) is 1. The maximum atomic E-state index is 11.5. The summed E-state index contributed by atoms with van der Waals surface area (Å²) in [4.78, 5) is 11.5. The van der Waals surface area contributed by atoms with E-state index in [2.05, 4.69) is 5.32 Å². The van der Waals surface area contributed by atoms with E-state index in [-0.39, 0.29) is 11.4 Å². The molecule has 0 aromatic heterocycles. The normalized spacial score (nSPS) is 11.6. The van der Waals surface area contributed by atoms with Crippen LogP contribution in [0.25, 0.3) is 0 Å². The maximum Gasteiger partial charge on any atom is 0.267 e. The van der Waals surface area contributed by atoms with Crippen LogP contribution in [0.4, 0.5) is 0 Å². The Balaban J connectivity index is 2.60. The molecule has 5 nitrogen and oxygen atoms in total. The lowest BCUT2D eigenvalue weighted by Crippen LogP contribution is -2.29. The van der Waals surface area contributed by atoms with E-state index in [0.717, 1.165) is 11.8 Å². The van der Waals surface area contributed by atoms with Gasteiger partial charge in [0, 0.05) is 12.8 Å². The number of aromatic hydroxyl groups is 1. The predicted molar refractivity (Wildman–Crippen MR) is 65.6 cm³/mol. The van der Waals surface area contributed by atoms with E-state index in [4.69, 9.17) is 16.2 Å². The molecule has 0 aliphatic rings. The number of carbonyl (C=O) groups is 1. The molecule has 1 amide bonds. The van der Waals surface area contributed by atoms with Crippen LogP contribution in [0.2, 0.25) is 0 Å². The van der Waals surface area contributed by atoms with Gasteiger partial charge < -0.3 is 21.6 Å². The Kier molecular flexibility index (Phi) is 4.28. The van der Waals surface area contributed by atoms with Gasteiger partial charge in [0.2, 0.25) is 0 Å². The van der Waals surface area contributed by atoms with E-state index in [1.165, 1.54) is 0 Å². The summed E-state index contributed by atoms with van der Waals surface area (Å²) in [5.74, 6) is -0.224. The summed E-state index contributed by atoms with van der Waals surface area (Å²) in [7, 11) is 0. The first-order valence-electron chi connectivity index (χ1n) is 5.07. The van der Waals surface area contributed by atoms with Crippen molar-refractivity contribution in [2.75, 3.05) is 0 Å². The first-order chi connectivity index (χ1) is 8.04. The third-order valence-corrected chi connectivity index (χ3v) is 2.28. The Labute approximate surface area is 99.5 Å². The lowest BCUT2D eigenvalue weighted by atomic mass is 10.2. The minimum absolute atomic E-state index is 0.0405. The Bertz CT molecular complexity index is 449. The molecule has 17 heavy (non-hydrogen) atoms. The van der Waals surface area contributed by atoms with E-state index in [9.17, 15) is 4.79 Å². The van der Waals surface area contributed by atoms with E-state index in [0.29, 0.717) is 12.1 Å². The highest BCUT2D eigenvalue weighted by Gasteiger charge is 2.07. The van der Waals surface area contributed by atoms with E-state index >= 15 is 0 Å². The van der Waals surface area contributed by atoms with Gasteiger partial charge in [0.05, 0.1) is 0 Å². The number of carbonyl (C=O) groups excluding carboxylic acids is 1. The number of phenols is 1. The molecule has 5 N–H and O–H groups in total. The van der Waals surface area contributed by atoms with Gasteiger partial charge >= 0.3 is 0 Å². The van der Waals surface area contributed by atoms with Crippen molar-refractivity contribution < 1.29 is 9.90 Å². The first kappa shape index (κ1) is 12.8. The van der Waals surface area contributed by atoms with Crippen LogP contribution >= 0.6 is 0 Å². The van der Waals surface area contributed by atoms with Crippen LogP contribution in [0.1, 0.15) is 12.5 Å². The molecule has 0 radical (unpaired) electrons. The third-order valence-electron chi connectivity index (χ3n) is 2.28. The zero-order valence-corrected chi connectivity index (χ0v) is 9.53. The van der Waals surface area contributed by atoms with Crippen LogP contribution in [0.3, 0.4) is 0 Å². The molecule has 90 valence electrons. The molecule has 5 heteroatoms. The number of amides is 1. The second kappa shape index (κ2) is 5.69. The quantitative estimate of drug-likeness (QED) is 0.459. The molecule has 1 aromatic carbocycles. The van der Waals surface area contributed by atoms with Gasteiger partial charge in [0.15, 0.2) is 0 Å². The summed E-state index contributed by atoms with van der Waals surface area (Å²) < 4.78 is 0. The van der Waals surface area contributed by atoms with Gasteiger partial charge in [0.1, 0.15) is 11.4 Å². The van der Waals surface area contributed by atoms with Crippen molar-refractivity contribution in [3.8, 4) is 5.75 Å². The number of benzene rings is 1. The Morgan fingerprint density at radius 1 is 1.47 bits per heavy atom. The van der Waals surface area contributed by atoms with Crippen molar-refractivity contribution >= 4 is 12.1 Å². The minimum Gasteiger partial charge on any atom is -0.508 e. The standard InChI is InChI=1S/C12H15N3O2/c1-8(6-13)11(14)12(17)15-7-9-2-4-10(16)5-3-9/h2-6,13,16H,7,14H2,1H3,(H,15,17)/b11-8+,13-6?. The van der Waals surface area contributed by atoms with Crippen LogP contribution in [0, 0.1) is 5.41 Å². The SMILES string of the molecule is C/C(C=N)=C(\N)C(=O)NCc1ccc(O)cc1. The van der Waals surface area contributed by atoms with Gasteiger partial charge in [0.25, 0.3) is 5.91 Å². The Morgan fingerprint density at radius 2 is 2.06 bits per heavy atom. The molecule has 0 bridgehead atoms. The summed E-state index contributed by atoms with van der Waals surface area (Å²) in [5, 5.41) is 18.7. The van der Waals surface area contributed by atoms with Crippen molar-refractivity contribution in [3.63, 3.8) is 0 Å². The molecule has 0 saturated carbocycles. The number of hydrogen-bond acceptors (Lipinski definition) is 4. The average molecular weight is 233 g/mol. The topological polar surface area (TPSA) is 99.2 Å². The number of allylic oxidation sites excluding steroid dienone is 1. The molecule has 1 rings (SSSR count). The summed E-state index contributed by atoms with van der Waals surface area (Å²) in [5.41, 5.74) is 6.86. The summed E-state index contributed by atoms with van der Waals surface area (Å²) in [6, 6.07) is 6.50. The van der Waals surface area contributed by atoms with Crippen LogP contribution in [0.5, 0.6) is 5.75 Å². The van der Waals surface area contributed by atoms with E-state index < -0.39 is 5.91 Å². The van der Waals surface area contributed by atoms with Crippen molar-refractivity contribution in [2.24, 2.45) is 5.73 Å². The van der Waals surface area contributed by atoms with Crippen LogP contribution < -0.4 is 11.1 Å². The van der Waals surface area contributed by atoms with Crippen LogP contribution in [-0.4, -0.2) is 17.2 Å². The largest absolute Gasteiger partial charge is 0.508 e. The van der Waals surface area contributed by atoms with Crippen molar-refractivity contribution in [3.05, 3.63) is 41.1 Å². The van der Waals surface area contributed by atoms with E-state index in [1.807, 2.05) is 0 Å². The van der Waals surface area contributed by atoms with Crippen molar-refractivity contribution in [1.29, 1.82) is 5.41 Å². The fourth-order valence-corrected chi connectivity index (χ4v) is 1.15. The maximum absolute atomic E-state index is 11.5. The Morgan fingerprint density at radius 3 is 2.59 bits per heavy atom. The summed E-state index contributed by atoms with van der Waals surface area (Å²) in [6.07, 6.45) is 1.04. The van der Waals surface area contributed by atoms with E-state index in [1.54, 1.807) is 31.2 Å². The highest BCUT2D eigenvalue weighted by molar-refractivity contribution is 5.98. The van der Waals surface area contributed by atoms with Gasteiger partial charge in [-0.3, -0.25) is 4.79 Å². The lowest BCUT2D eigenvalue weighted by Gasteiger charge is -2.06. The van der Waals surface area contributed by atoms with Gasteiger partial charge in [-0.05, 0) is 30.2 Å². The molecule has 0 heterocycles. The molecule has 0 unspecified atom stereocenters. The molecule has 1 aromatic rings. The monoisotopic (exact) mass is 233 g/mol. The minimum atomic E-state index is -0.404. The predicted octanol–water partition coefficient (Wildman–Crippen LogP) is 0.891. The average Bonchev–Trinajstić information content (AvgIpc) is 2.35. The third kappa shape index (κ3) is 3.64. The Hall–Kier alpha value is -2.30. The van der Waals surface area contributed by atoms with Gasteiger partial charge in [-0.2, -0.15) is 0 Å². The molecule has 0 spiro atoms. The van der Waals surface area contributed by atoms with Gasteiger partial charge in [-0.25, -0.2) is 0 Å². The molecule has 0 saturated heterocycles. The highest BCUT2D eigenvalue weighted by Crippen LogP contribution is 2.09. The smallest absolute Gasteiger partial charge is 0.267 e. The molecule has 0 aliphatic heterocycles. The first-order valence-corrected chi connectivity index (χ1v) is 5.07. The lowest BCUT2D eigenvalue weighted by molar-refractivity contribution is -0.117. The molecule has 0 aliphatic carbocycles. The van der Waals surface area contributed by atoms with Crippen LogP contribution in [-0.2, 0) is 11.3 Å². The second-order valence-electron chi connectivity index (χ2n) is 3.59. The molecular weight excluding hydrogens is 218 g/mol. The van der Waals surface area contributed by atoms with Gasteiger partial charge in [-0.15, -0.1) is 0 Å². The number of rotatable bonds is 4. The van der Waals surface area contributed by atoms with Crippen molar-refractivity contribution in [1.82, 2.24) is 5.32 Å².